The van der Waals surface area contributed by atoms with Gasteiger partial charge in [0.15, 0.2) is 0 Å². The molecule has 0 aliphatic heterocycles. The van der Waals surface area contributed by atoms with Gasteiger partial charge in [0.05, 0.1) is 0 Å². The van der Waals surface area contributed by atoms with Crippen molar-refractivity contribution in [2.75, 3.05) is 11.9 Å². The summed E-state index contributed by atoms with van der Waals surface area (Å²) in [6.07, 6.45) is 0. The van der Waals surface area contributed by atoms with Gasteiger partial charge in [-0.25, -0.2) is 0 Å². The molecule has 0 bridgehead atoms. The molecule has 2 amide bonds. The van der Waals surface area contributed by atoms with Gasteiger partial charge in [-0.1, -0.05) is 6.07 Å². The summed E-state index contributed by atoms with van der Waals surface area (Å²) in [5.74, 6) is -1.86. The van der Waals surface area contributed by atoms with Crippen molar-refractivity contribution in [3.05, 3.63) is 29.8 Å². The first kappa shape index (κ1) is 12.7. The van der Waals surface area contributed by atoms with E-state index < -0.39 is 18.4 Å². The molecule has 0 unspecified atom stereocenters. The summed E-state index contributed by atoms with van der Waals surface area (Å²) < 4.78 is 0. The van der Waals surface area contributed by atoms with Gasteiger partial charge in [0.25, 0.3) is 5.91 Å². The Hall–Kier alpha value is -2.37. The summed E-state index contributed by atoms with van der Waals surface area (Å²) in [7, 11) is 0. The maximum Gasteiger partial charge on any atom is 0.322 e. The topological polar surface area (TPSA) is 95.5 Å². The van der Waals surface area contributed by atoms with Crippen LogP contribution in [0.3, 0.4) is 0 Å². The lowest BCUT2D eigenvalue weighted by atomic mass is 10.2. The number of nitrogens with one attached hydrogen (secondary N) is 2. The number of carbonyl (C=O) groups excluding carboxylic acids is 2. The molecule has 0 aliphatic carbocycles. The van der Waals surface area contributed by atoms with Gasteiger partial charge in [0.1, 0.15) is 6.54 Å². The third-order valence-corrected chi connectivity index (χ3v) is 1.85. The summed E-state index contributed by atoms with van der Waals surface area (Å²) in [5.41, 5.74) is 0.776. The van der Waals surface area contributed by atoms with E-state index in [0.29, 0.717) is 5.69 Å². The monoisotopic (exact) mass is 236 g/mol. The van der Waals surface area contributed by atoms with Crippen LogP contribution in [0.5, 0.6) is 0 Å². The van der Waals surface area contributed by atoms with Gasteiger partial charge in [0.2, 0.25) is 5.91 Å². The van der Waals surface area contributed by atoms with Crippen LogP contribution in [0.15, 0.2) is 24.3 Å². The molecule has 90 valence electrons. The minimum absolute atomic E-state index is 0.243. The van der Waals surface area contributed by atoms with Gasteiger partial charge in [-0.2, -0.15) is 0 Å². The number of aliphatic carboxylic acids is 1. The Kier molecular flexibility index (Phi) is 4.21. The Labute approximate surface area is 97.6 Å². The van der Waals surface area contributed by atoms with Gasteiger partial charge in [-0.15, -0.1) is 0 Å². The van der Waals surface area contributed by atoms with Crippen LogP contribution >= 0.6 is 0 Å². The number of hydrogen-bond acceptors (Lipinski definition) is 3. The molecule has 0 aromatic heterocycles. The number of carboxylic acids is 1. The second kappa shape index (κ2) is 5.64. The molecule has 0 atom stereocenters. The van der Waals surface area contributed by atoms with Crippen LogP contribution in [0.2, 0.25) is 0 Å². The molecule has 6 nitrogen and oxygen atoms in total. The molecule has 0 fully saturated rings. The average molecular weight is 236 g/mol. The van der Waals surface area contributed by atoms with Gasteiger partial charge in [0, 0.05) is 18.2 Å². The van der Waals surface area contributed by atoms with Crippen LogP contribution in [0, 0.1) is 0 Å². The van der Waals surface area contributed by atoms with Gasteiger partial charge >= 0.3 is 5.97 Å². The largest absolute Gasteiger partial charge is 0.480 e. The van der Waals surface area contributed by atoms with Crippen LogP contribution in [0.25, 0.3) is 0 Å². The van der Waals surface area contributed by atoms with Crippen molar-refractivity contribution in [2.45, 2.75) is 6.92 Å². The molecule has 1 aromatic rings. The lowest BCUT2D eigenvalue weighted by Gasteiger charge is -2.05. The van der Waals surface area contributed by atoms with Gasteiger partial charge in [-0.3, -0.25) is 14.4 Å². The van der Waals surface area contributed by atoms with Crippen molar-refractivity contribution in [3.63, 3.8) is 0 Å². The Balaban J connectivity index is 2.73. The van der Waals surface area contributed by atoms with Crippen LogP contribution in [-0.2, 0) is 9.59 Å². The van der Waals surface area contributed by atoms with Crippen molar-refractivity contribution in [1.82, 2.24) is 5.32 Å². The van der Waals surface area contributed by atoms with Crippen LogP contribution in [-0.4, -0.2) is 29.4 Å². The molecular weight excluding hydrogens is 224 g/mol. The van der Waals surface area contributed by atoms with Crippen molar-refractivity contribution in [2.24, 2.45) is 0 Å². The van der Waals surface area contributed by atoms with Crippen LogP contribution < -0.4 is 10.6 Å². The van der Waals surface area contributed by atoms with E-state index in [4.69, 9.17) is 5.11 Å². The maximum absolute atomic E-state index is 11.5. The van der Waals surface area contributed by atoms with Crippen molar-refractivity contribution in [1.29, 1.82) is 0 Å². The van der Waals surface area contributed by atoms with Crippen molar-refractivity contribution < 1.29 is 19.5 Å². The lowest BCUT2D eigenvalue weighted by molar-refractivity contribution is -0.135. The summed E-state index contributed by atoms with van der Waals surface area (Å²) in [5, 5.41) is 13.2. The fourth-order valence-corrected chi connectivity index (χ4v) is 1.20. The Bertz CT molecular complexity index is 457. The van der Waals surface area contributed by atoms with E-state index in [9.17, 15) is 14.4 Å². The summed E-state index contributed by atoms with van der Waals surface area (Å²) in [4.78, 5) is 32.6. The van der Waals surface area contributed by atoms with E-state index >= 15 is 0 Å². The minimum atomic E-state index is -1.11. The maximum atomic E-state index is 11.5. The van der Waals surface area contributed by atoms with E-state index in [1.165, 1.54) is 19.1 Å². The summed E-state index contributed by atoms with van der Waals surface area (Å²) >= 11 is 0. The van der Waals surface area contributed by atoms with Crippen molar-refractivity contribution >= 4 is 23.5 Å². The number of hydrogen-bond donors (Lipinski definition) is 3. The third kappa shape index (κ3) is 4.33. The quantitative estimate of drug-likeness (QED) is 0.707. The number of carbonyl (C=O) groups is 3. The molecule has 0 aliphatic rings. The molecule has 0 spiro atoms. The zero-order chi connectivity index (χ0) is 12.8. The molecule has 0 radical (unpaired) electrons. The summed E-state index contributed by atoms with van der Waals surface area (Å²) in [6.45, 7) is 0.917. The number of benzene rings is 1. The predicted octanol–water partition coefficient (Wildman–Crippen LogP) is 0.459. The van der Waals surface area contributed by atoms with Crippen molar-refractivity contribution in [3.8, 4) is 0 Å². The SMILES string of the molecule is CC(=O)Nc1cccc(C(=O)NCC(=O)O)c1. The second-order valence-electron chi connectivity index (χ2n) is 3.34. The van der Waals surface area contributed by atoms with E-state index in [1.807, 2.05) is 0 Å². The van der Waals surface area contributed by atoms with E-state index in [-0.39, 0.29) is 11.5 Å². The first-order chi connectivity index (χ1) is 7.99. The molecular formula is C11H12N2O4. The normalized spacial score (nSPS) is 9.47. The Morgan fingerprint density at radius 3 is 2.59 bits per heavy atom. The average Bonchev–Trinajstić information content (AvgIpc) is 2.25. The zero-order valence-corrected chi connectivity index (χ0v) is 9.19. The molecule has 0 saturated carbocycles. The fraction of sp³-hybridized carbons (Fsp3) is 0.182. The van der Waals surface area contributed by atoms with E-state index in [1.54, 1.807) is 12.1 Å². The molecule has 0 heterocycles. The number of carboxylic acid groups (broad SMARTS) is 1. The number of amides is 2. The standard InChI is InChI=1S/C11H12N2O4/c1-7(14)13-9-4-2-3-8(5-9)11(17)12-6-10(15)16/h2-5H,6H2,1H3,(H,12,17)(H,13,14)(H,15,16). The third-order valence-electron chi connectivity index (χ3n) is 1.85. The highest BCUT2D eigenvalue weighted by Gasteiger charge is 2.07. The highest BCUT2D eigenvalue weighted by molar-refractivity contribution is 5.97. The number of anilines is 1. The van der Waals surface area contributed by atoms with Crippen LogP contribution in [0.4, 0.5) is 5.69 Å². The molecule has 1 rings (SSSR count). The number of rotatable bonds is 4. The van der Waals surface area contributed by atoms with Gasteiger partial charge in [-0.05, 0) is 18.2 Å². The summed E-state index contributed by atoms with van der Waals surface area (Å²) in [6, 6.07) is 6.23. The molecule has 0 saturated heterocycles. The Morgan fingerprint density at radius 2 is 2.00 bits per heavy atom. The van der Waals surface area contributed by atoms with E-state index in [0.717, 1.165) is 0 Å². The highest BCUT2D eigenvalue weighted by atomic mass is 16.4. The fourth-order valence-electron chi connectivity index (χ4n) is 1.20. The molecule has 17 heavy (non-hydrogen) atoms. The zero-order valence-electron chi connectivity index (χ0n) is 9.19. The lowest BCUT2D eigenvalue weighted by Crippen LogP contribution is -2.29. The molecule has 3 N–H and O–H groups in total. The first-order valence-corrected chi connectivity index (χ1v) is 4.86. The molecule has 6 heteroatoms. The Morgan fingerprint density at radius 1 is 1.29 bits per heavy atom. The van der Waals surface area contributed by atoms with Gasteiger partial charge < -0.3 is 15.7 Å². The first-order valence-electron chi connectivity index (χ1n) is 4.86. The minimum Gasteiger partial charge on any atom is -0.480 e. The highest BCUT2D eigenvalue weighted by Crippen LogP contribution is 2.10. The smallest absolute Gasteiger partial charge is 0.322 e. The van der Waals surface area contributed by atoms with E-state index in [2.05, 4.69) is 10.6 Å². The van der Waals surface area contributed by atoms with Crippen LogP contribution in [0.1, 0.15) is 17.3 Å². The predicted molar refractivity (Wildman–Crippen MR) is 60.7 cm³/mol. The molecule has 1 aromatic carbocycles. The second-order valence-corrected chi connectivity index (χ2v) is 3.34.